The SMILES string of the molecule is COc1ccc(CC(NC(=O)C(C)NC(=O)CN2CCOCC2)C(=O)NC(Cc2ccc3[nH]ncc3c2)C(=O)C2(C)CO2)cc1. The number of Topliss-reactive ketones (excluding diaryl/α,β-unsaturated/α-hetero) is 1. The van der Waals surface area contributed by atoms with Gasteiger partial charge in [0, 0.05) is 24.9 Å². The third-order valence-corrected chi connectivity index (χ3v) is 8.15. The van der Waals surface area contributed by atoms with Crippen molar-refractivity contribution in [3.05, 3.63) is 59.8 Å². The normalized spacial score (nSPS) is 20.1. The Hall–Kier alpha value is -4.33. The van der Waals surface area contributed by atoms with Crippen molar-refractivity contribution in [3.8, 4) is 5.75 Å². The molecule has 3 amide bonds. The molecule has 2 aromatic carbocycles. The summed E-state index contributed by atoms with van der Waals surface area (Å²) in [6.07, 6.45) is 2.06. The Morgan fingerprint density at radius 3 is 2.33 bits per heavy atom. The minimum absolute atomic E-state index is 0.145. The van der Waals surface area contributed by atoms with Gasteiger partial charge in [-0.15, -0.1) is 0 Å². The van der Waals surface area contributed by atoms with Crippen LogP contribution in [-0.2, 0) is 41.5 Å². The molecular weight excluding hydrogens is 580 g/mol. The Bertz CT molecular complexity index is 1510. The monoisotopic (exact) mass is 620 g/mol. The summed E-state index contributed by atoms with van der Waals surface area (Å²) < 4.78 is 16.0. The molecule has 13 heteroatoms. The molecule has 3 aromatic rings. The molecule has 2 fully saturated rings. The Morgan fingerprint density at radius 1 is 0.978 bits per heavy atom. The Kier molecular flexibility index (Phi) is 10.1. The van der Waals surface area contributed by atoms with Gasteiger partial charge in [-0.3, -0.25) is 29.2 Å². The van der Waals surface area contributed by atoms with Crippen LogP contribution in [0.3, 0.4) is 0 Å². The molecule has 0 radical (unpaired) electrons. The lowest BCUT2D eigenvalue weighted by Gasteiger charge is -2.27. The maximum absolute atomic E-state index is 13.9. The highest BCUT2D eigenvalue weighted by molar-refractivity contribution is 5.98. The molecule has 13 nitrogen and oxygen atoms in total. The van der Waals surface area contributed by atoms with Gasteiger partial charge in [0.25, 0.3) is 0 Å². The molecule has 2 aliphatic rings. The maximum atomic E-state index is 13.9. The Morgan fingerprint density at radius 2 is 1.64 bits per heavy atom. The average Bonchev–Trinajstić information content (AvgIpc) is 3.62. The lowest BCUT2D eigenvalue weighted by molar-refractivity contribution is -0.134. The Labute approximate surface area is 261 Å². The number of benzene rings is 2. The number of amides is 3. The van der Waals surface area contributed by atoms with E-state index in [2.05, 4.69) is 26.1 Å². The van der Waals surface area contributed by atoms with Gasteiger partial charge in [0.2, 0.25) is 17.7 Å². The van der Waals surface area contributed by atoms with Crippen LogP contribution in [0, 0.1) is 0 Å². The number of H-pyrrole nitrogens is 1. The number of aromatic nitrogens is 2. The van der Waals surface area contributed by atoms with Crippen LogP contribution in [0.4, 0.5) is 0 Å². The van der Waals surface area contributed by atoms with Crippen molar-refractivity contribution in [1.82, 2.24) is 31.0 Å². The summed E-state index contributed by atoms with van der Waals surface area (Å²) in [4.78, 5) is 55.3. The van der Waals surface area contributed by atoms with Crippen molar-refractivity contribution in [2.45, 2.75) is 50.4 Å². The largest absolute Gasteiger partial charge is 0.497 e. The fourth-order valence-corrected chi connectivity index (χ4v) is 5.27. The number of nitrogens with one attached hydrogen (secondary N) is 4. The standard InChI is InChI=1S/C32H40N6O7/c1-20(34-28(39)18-38-10-12-44-13-11-38)30(41)36-27(15-21-4-7-24(43-3)8-5-21)31(42)35-26(29(40)32(2)19-45-32)16-22-6-9-25-23(14-22)17-33-37-25/h4-9,14,17,20,26-27H,10-13,15-16,18-19H2,1-3H3,(H,33,37)(H,34,39)(H,35,42)(H,36,41). The van der Waals surface area contributed by atoms with E-state index >= 15 is 0 Å². The van der Waals surface area contributed by atoms with Gasteiger partial charge in [-0.1, -0.05) is 18.2 Å². The molecule has 0 spiro atoms. The second-order valence-electron chi connectivity index (χ2n) is 11.7. The number of epoxide rings is 1. The van der Waals surface area contributed by atoms with Gasteiger partial charge >= 0.3 is 0 Å². The van der Waals surface area contributed by atoms with Gasteiger partial charge in [-0.25, -0.2) is 0 Å². The van der Waals surface area contributed by atoms with Crippen LogP contribution in [0.25, 0.3) is 10.9 Å². The first-order valence-electron chi connectivity index (χ1n) is 15.1. The third kappa shape index (κ3) is 8.44. The molecule has 0 aliphatic carbocycles. The first kappa shape index (κ1) is 32.1. The summed E-state index contributed by atoms with van der Waals surface area (Å²) in [5.74, 6) is -0.948. The molecule has 0 bridgehead atoms. The van der Waals surface area contributed by atoms with Crippen molar-refractivity contribution >= 4 is 34.4 Å². The molecule has 3 heterocycles. The number of carbonyl (C=O) groups is 4. The van der Waals surface area contributed by atoms with Gasteiger partial charge in [0.05, 0.1) is 51.2 Å². The van der Waals surface area contributed by atoms with Crippen LogP contribution >= 0.6 is 0 Å². The zero-order valence-electron chi connectivity index (χ0n) is 25.8. The molecule has 2 aliphatic heterocycles. The number of methoxy groups -OCH3 is 1. The van der Waals surface area contributed by atoms with Crippen LogP contribution in [-0.4, -0.2) is 109 Å². The van der Waals surface area contributed by atoms with E-state index in [1.54, 1.807) is 51.4 Å². The van der Waals surface area contributed by atoms with E-state index in [1.807, 2.05) is 23.1 Å². The summed E-state index contributed by atoms with van der Waals surface area (Å²) in [6, 6.07) is 9.97. The van der Waals surface area contributed by atoms with E-state index in [9.17, 15) is 19.2 Å². The van der Waals surface area contributed by atoms with Crippen LogP contribution in [0.1, 0.15) is 25.0 Å². The molecule has 4 N–H and O–H groups in total. The maximum Gasteiger partial charge on any atom is 0.243 e. The van der Waals surface area contributed by atoms with Crippen molar-refractivity contribution in [3.63, 3.8) is 0 Å². The highest BCUT2D eigenvalue weighted by atomic mass is 16.6. The topological polar surface area (TPSA) is 167 Å². The van der Waals surface area contributed by atoms with Gasteiger partial charge < -0.3 is 30.2 Å². The zero-order chi connectivity index (χ0) is 32.0. The zero-order valence-corrected chi connectivity index (χ0v) is 25.8. The van der Waals surface area contributed by atoms with Gasteiger partial charge in [0.15, 0.2) is 5.78 Å². The van der Waals surface area contributed by atoms with Crippen LogP contribution in [0.2, 0.25) is 0 Å². The fourth-order valence-electron chi connectivity index (χ4n) is 5.27. The number of rotatable bonds is 14. The number of hydrogen-bond acceptors (Lipinski definition) is 9. The van der Waals surface area contributed by atoms with Gasteiger partial charge in [0.1, 0.15) is 23.4 Å². The van der Waals surface area contributed by atoms with Crippen molar-refractivity contribution in [2.75, 3.05) is 46.6 Å². The van der Waals surface area contributed by atoms with Gasteiger partial charge in [-0.05, 0) is 55.7 Å². The minimum atomic E-state index is -1.04. The van der Waals surface area contributed by atoms with E-state index in [-0.39, 0.29) is 37.7 Å². The quantitative estimate of drug-likeness (QED) is 0.188. The number of hydrogen-bond donors (Lipinski definition) is 4. The van der Waals surface area contributed by atoms with E-state index in [0.717, 1.165) is 22.0 Å². The number of morpholine rings is 1. The summed E-state index contributed by atoms with van der Waals surface area (Å²) in [5.41, 5.74) is 1.48. The molecular formula is C32H40N6O7. The van der Waals surface area contributed by atoms with E-state index < -0.39 is 35.5 Å². The highest BCUT2D eigenvalue weighted by Gasteiger charge is 2.50. The Balaban J connectivity index is 1.30. The number of nitrogens with zero attached hydrogens (tertiary/aromatic N) is 2. The summed E-state index contributed by atoms with van der Waals surface area (Å²) >= 11 is 0. The number of fused-ring (bicyclic) bond motifs is 1. The smallest absolute Gasteiger partial charge is 0.243 e. The predicted molar refractivity (Wildman–Crippen MR) is 165 cm³/mol. The van der Waals surface area contributed by atoms with Crippen LogP contribution in [0.15, 0.2) is 48.7 Å². The molecule has 4 unspecified atom stereocenters. The number of carbonyl (C=O) groups excluding carboxylic acids is 4. The fraction of sp³-hybridized carbons (Fsp3) is 0.469. The average molecular weight is 621 g/mol. The summed E-state index contributed by atoms with van der Waals surface area (Å²) in [7, 11) is 1.56. The molecule has 5 rings (SSSR count). The van der Waals surface area contributed by atoms with Crippen LogP contribution in [0.5, 0.6) is 5.75 Å². The van der Waals surface area contributed by atoms with Crippen molar-refractivity contribution < 1.29 is 33.4 Å². The van der Waals surface area contributed by atoms with E-state index in [4.69, 9.17) is 14.2 Å². The molecule has 4 atom stereocenters. The van der Waals surface area contributed by atoms with Gasteiger partial charge in [-0.2, -0.15) is 5.10 Å². The third-order valence-electron chi connectivity index (χ3n) is 8.15. The van der Waals surface area contributed by atoms with Crippen LogP contribution < -0.4 is 20.7 Å². The van der Waals surface area contributed by atoms with Crippen molar-refractivity contribution in [1.29, 1.82) is 0 Å². The molecule has 2 saturated heterocycles. The molecule has 45 heavy (non-hydrogen) atoms. The van der Waals surface area contributed by atoms with Crippen molar-refractivity contribution in [2.24, 2.45) is 0 Å². The molecule has 1 aromatic heterocycles. The summed E-state index contributed by atoms with van der Waals surface area (Å²) in [6.45, 7) is 6.06. The van der Waals surface area contributed by atoms with E-state index in [0.29, 0.717) is 32.1 Å². The molecule has 240 valence electrons. The number of aromatic amines is 1. The lowest BCUT2D eigenvalue weighted by Crippen LogP contribution is -2.57. The first-order chi connectivity index (χ1) is 21.6. The minimum Gasteiger partial charge on any atom is -0.497 e. The predicted octanol–water partition coefficient (Wildman–Crippen LogP) is 0.521. The lowest BCUT2D eigenvalue weighted by atomic mass is 9.93. The second-order valence-corrected chi connectivity index (χ2v) is 11.7. The first-order valence-corrected chi connectivity index (χ1v) is 15.1. The molecule has 0 saturated carbocycles. The highest BCUT2D eigenvalue weighted by Crippen LogP contribution is 2.29. The number of ether oxygens (including phenoxy) is 3. The summed E-state index contributed by atoms with van der Waals surface area (Å²) in [5, 5.41) is 16.3. The second kappa shape index (κ2) is 14.2. The van der Waals surface area contributed by atoms with E-state index in [1.165, 1.54) is 0 Å². The number of ketones is 1.